The van der Waals surface area contributed by atoms with Gasteiger partial charge in [-0.2, -0.15) is 0 Å². The maximum Gasteiger partial charge on any atom is 0.268 e. The van der Waals surface area contributed by atoms with Crippen molar-refractivity contribution in [2.45, 2.75) is 12.5 Å². The first-order valence-electron chi connectivity index (χ1n) is 9.61. The first-order chi connectivity index (χ1) is 14.8. The number of nitrogens with one attached hydrogen (secondary N) is 1. The van der Waals surface area contributed by atoms with Gasteiger partial charge in [0.05, 0.1) is 5.69 Å². The van der Waals surface area contributed by atoms with E-state index in [2.05, 4.69) is 5.32 Å². The highest BCUT2D eigenvalue weighted by molar-refractivity contribution is 6.30. The Bertz CT molecular complexity index is 1190. The summed E-state index contributed by atoms with van der Waals surface area (Å²) >= 11 is 6.08. The molecule has 1 aliphatic heterocycles. The standard InChI is InChI=1S/C24H19ClN2O4/c1-15(28)16-9-11-19(12-10-16)26-22(29)14-27-21-8-3-2-7-20(21)24(31,23(27)30)17-5-4-6-18(25)13-17/h2-13,31H,14H2,1H3,(H,26,29)/t24-/m1/s1. The molecule has 0 spiro atoms. The van der Waals surface area contributed by atoms with E-state index in [1.165, 1.54) is 17.9 Å². The largest absolute Gasteiger partial charge is 0.372 e. The number of carbonyl (C=O) groups excluding carboxylic acids is 3. The molecule has 1 heterocycles. The first-order valence-corrected chi connectivity index (χ1v) is 9.99. The minimum atomic E-state index is -1.94. The number of Topliss-reactive ketones (excluding diaryl/α,β-unsaturated/α-hetero) is 1. The number of hydrogen-bond donors (Lipinski definition) is 2. The highest BCUT2D eigenvalue weighted by Gasteiger charge is 2.51. The lowest BCUT2D eigenvalue weighted by Gasteiger charge is -2.23. The molecule has 156 valence electrons. The molecule has 31 heavy (non-hydrogen) atoms. The number of halogens is 1. The van der Waals surface area contributed by atoms with Gasteiger partial charge in [-0.1, -0.05) is 41.9 Å². The second-order valence-corrected chi connectivity index (χ2v) is 7.75. The Morgan fingerprint density at radius 2 is 1.74 bits per heavy atom. The van der Waals surface area contributed by atoms with Crippen LogP contribution in [0.5, 0.6) is 0 Å². The fraction of sp³-hybridized carbons (Fsp3) is 0.125. The van der Waals surface area contributed by atoms with Crippen LogP contribution in [-0.4, -0.2) is 29.2 Å². The summed E-state index contributed by atoms with van der Waals surface area (Å²) in [5.74, 6) is -1.13. The van der Waals surface area contributed by atoms with Crippen LogP contribution in [0.3, 0.4) is 0 Å². The van der Waals surface area contributed by atoms with E-state index in [9.17, 15) is 19.5 Å². The van der Waals surface area contributed by atoms with Gasteiger partial charge in [-0.3, -0.25) is 19.3 Å². The smallest absolute Gasteiger partial charge is 0.268 e. The lowest BCUT2D eigenvalue weighted by molar-refractivity contribution is -0.133. The predicted molar refractivity (Wildman–Crippen MR) is 118 cm³/mol. The van der Waals surface area contributed by atoms with Crippen molar-refractivity contribution in [1.29, 1.82) is 0 Å². The molecule has 4 rings (SSSR count). The highest BCUT2D eigenvalue weighted by atomic mass is 35.5. The molecule has 0 aliphatic carbocycles. The number of nitrogens with zero attached hydrogens (tertiary/aromatic N) is 1. The minimum Gasteiger partial charge on any atom is -0.372 e. The summed E-state index contributed by atoms with van der Waals surface area (Å²) in [5, 5.41) is 14.6. The van der Waals surface area contributed by atoms with Gasteiger partial charge < -0.3 is 10.4 Å². The van der Waals surface area contributed by atoms with Crippen LogP contribution in [0.1, 0.15) is 28.4 Å². The van der Waals surface area contributed by atoms with Gasteiger partial charge in [0.2, 0.25) is 5.91 Å². The molecule has 7 heteroatoms. The molecule has 3 aromatic rings. The monoisotopic (exact) mass is 434 g/mol. The van der Waals surface area contributed by atoms with E-state index in [0.717, 1.165) is 0 Å². The summed E-state index contributed by atoms with van der Waals surface area (Å²) in [5.41, 5.74) is 0.275. The highest BCUT2D eigenvalue weighted by Crippen LogP contribution is 2.44. The molecule has 1 atom stereocenters. The van der Waals surface area contributed by atoms with E-state index in [4.69, 9.17) is 11.6 Å². The number of carbonyl (C=O) groups is 3. The van der Waals surface area contributed by atoms with Gasteiger partial charge in [-0.05, 0) is 55.0 Å². The maximum atomic E-state index is 13.3. The lowest BCUT2D eigenvalue weighted by Crippen LogP contribution is -2.44. The summed E-state index contributed by atoms with van der Waals surface area (Å²) < 4.78 is 0. The normalized spacial score (nSPS) is 17.4. The summed E-state index contributed by atoms with van der Waals surface area (Å²) in [7, 11) is 0. The summed E-state index contributed by atoms with van der Waals surface area (Å²) in [6.45, 7) is 1.18. The third-order valence-corrected chi connectivity index (χ3v) is 5.49. The second-order valence-electron chi connectivity index (χ2n) is 7.31. The summed E-state index contributed by atoms with van der Waals surface area (Å²) in [6, 6.07) is 19.8. The van der Waals surface area contributed by atoms with Crippen molar-refractivity contribution in [3.63, 3.8) is 0 Å². The number of anilines is 2. The van der Waals surface area contributed by atoms with Crippen LogP contribution in [-0.2, 0) is 15.2 Å². The molecule has 1 aliphatic rings. The quantitative estimate of drug-likeness (QED) is 0.598. The van der Waals surface area contributed by atoms with Crippen LogP contribution >= 0.6 is 11.6 Å². The van der Waals surface area contributed by atoms with Crippen LogP contribution in [0.25, 0.3) is 0 Å². The van der Waals surface area contributed by atoms with Crippen LogP contribution < -0.4 is 10.2 Å². The molecule has 0 radical (unpaired) electrons. The van der Waals surface area contributed by atoms with Crippen LogP contribution in [0.15, 0.2) is 72.8 Å². The number of ketones is 1. The van der Waals surface area contributed by atoms with Crippen LogP contribution in [0.4, 0.5) is 11.4 Å². The van der Waals surface area contributed by atoms with Crippen molar-refractivity contribution in [1.82, 2.24) is 0 Å². The Balaban J connectivity index is 1.61. The van der Waals surface area contributed by atoms with E-state index in [1.54, 1.807) is 66.7 Å². The molecule has 2 amide bonds. The van der Waals surface area contributed by atoms with E-state index in [0.29, 0.717) is 33.1 Å². The van der Waals surface area contributed by atoms with Gasteiger partial charge in [0.1, 0.15) is 6.54 Å². The van der Waals surface area contributed by atoms with E-state index >= 15 is 0 Å². The number of amides is 2. The average Bonchev–Trinajstić information content (AvgIpc) is 2.97. The Morgan fingerprint density at radius 3 is 2.42 bits per heavy atom. The second kappa shape index (κ2) is 7.98. The maximum absolute atomic E-state index is 13.3. The van der Waals surface area contributed by atoms with Crippen molar-refractivity contribution >= 4 is 40.6 Å². The first kappa shape index (κ1) is 20.8. The molecular weight excluding hydrogens is 416 g/mol. The molecule has 0 aromatic heterocycles. The molecule has 0 saturated carbocycles. The van der Waals surface area contributed by atoms with Crippen molar-refractivity contribution in [3.05, 3.63) is 94.5 Å². The molecular formula is C24H19ClN2O4. The van der Waals surface area contributed by atoms with Crippen LogP contribution in [0, 0.1) is 0 Å². The molecule has 6 nitrogen and oxygen atoms in total. The van der Waals surface area contributed by atoms with Gasteiger partial charge in [-0.15, -0.1) is 0 Å². The number of para-hydroxylation sites is 1. The van der Waals surface area contributed by atoms with Gasteiger partial charge in [0, 0.05) is 21.8 Å². The third-order valence-electron chi connectivity index (χ3n) is 5.26. The Kier molecular flexibility index (Phi) is 5.35. The van der Waals surface area contributed by atoms with Crippen molar-refractivity contribution in [2.24, 2.45) is 0 Å². The summed E-state index contributed by atoms with van der Waals surface area (Å²) in [4.78, 5) is 38.6. The van der Waals surface area contributed by atoms with Gasteiger partial charge in [0.15, 0.2) is 11.4 Å². The lowest BCUT2D eigenvalue weighted by atomic mass is 9.87. The van der Waals surface area contributed by atoms with Crippen molar-refractivity contribution in [3.8, 4) is 0 Å². The predicted octanol–water partition coefficient (Wildman–Crippen LogP) is 3.76. The number of benzene rings is 3. The number of hydrogen-bond acceptors (Lipinski definition) is 4. The Labute approximate surface area is 184 Å². The summed E-state index contributed by atoms with van der Waals surface area (Å²) in [6.07, 6.45) is 0. The van der Waals surface area contributed by atoms with Gasteiger partial charge in [-0.25, -0.2) is 0 Å². The molecule has 0 saturated heterocycles. The zero-order valence-corrected chi connectivity index (χ0v) is 17.4. The zero-order valence-electron chi connectivity index (χ0n) is 16.6. The molecule has 0 bridgehead atoms. The molecule has 0 unspecified atom stereocenters. The SMILES string of the molecule is CC(=O)c1ccc(NC(=O)CN2C(=O)[C@@](O)(c3cccc(Cl)c3)c3ccccc32)cc1. The van der Waals surface area contributed by atoms with Gasteiger partial charge >= 0.3 is 0 Å². The fourth-order valence-electron chi connectivity index (χ4n) is 3.72. The third kappa shape index (κ3) is 3.71. The zero-order chi connectivity index (χ0) is 22.2. The Morgan fingerprint density at radius 1 is 1.03 bits per heavy atom. The van der Waals surface area contributed by atoms with Crippen molar-refractivity contribution in [2.75, 3.05) is 16.8 Å². The molecule has 3 aromatic carbocycles. The van der Waals surface area contributed by atoms with E-state index in [-0.39, 0.29) is 12.3 Å². The molecule has 2 N–H and O–H groups in total. The number of rotatable bonds is 5. The van der Waals surface area contributed by atoms with Gasteiger partial charge in [0.25, 0.3) is 5.91 Å². The minimum absolute atomic E-state index is 0.0718. The Hall–Kier alpha value is -3.48. The number of fused-ring (bicyclic) bond motifs is 1. The van der Waals surface area contributed by atoms with Crippen LogP contribution in [0.2, 0.25) is 5.02 Å². The van der Waals surface area contributed by atoms with E-state index in [1.807, 2.05) is 0 Å². The average molecular weight is 435 g/mol. The number of aliphatic hydroxyl groups is 1. The molecule has 0 fully saturated rings. The van der Waals surface area contributed by atoms with Crippen molar-refractivity contribution < 1.29 is 19.5 Å². The topological polar surface area (TPSA) is 86.7 Å². The van der Waals surface area contributed by atoms with E-state index < -0.39 is 17.4 Å². The fourth-order valence-corrected chi connectivity index (χ4v) is 3.91.